The van der Waals surface area contributed by atoms with Gasteiger partial charge in [-0.1, -0.05) is 13.0 Å². The first-order valence-electron chi connectivity index (χ1n) is 3.62. The van der Waals surface area contributed by atoms with Crippen LogP contribution in [-0.4, -0.2) is 6.17 Å². The Hall–Kier alpha value is -0.920. The zero-order chi connectivity index (χ0) is 8.27. The van der Waals surface area contributed by atoms with Gasteiger partial charge in [0, 0.05) is 0 Å². The van der Waals surface area contributed by atoms with Crippen LogP contribution in [0.4, 0.5) is 8.78 Å². The molecule has 0 spiro atoms. The van der Waals surface area contributed by atoms with E-state index in [1.807, 2.05) is 6.92 Å². The quantitative estimate of drug-likeness (QED) is 0.547. The average molecular weight is 156 g/mol. The molecule has 0 fully saturated rings. The molecule has 1 aliphatic rings. The predicted octanol–water partition coefficient (Wildman–Crippen LogP) is 3.08. The largest absolute Gasteiger partial charge is 0.238 e. The maximum absolute atomic E-state index is 12.7. The second-order valence-electron chi connectivity index (χ2n) is 2.42. The first kappa shape index (κ1) is 8.18. The van der Waals surface area contributed by atoms with E-state index in [1.54, 1.807) is 6.08 Å². The van der Waals surface area contributed by atoms with E-state index in [0.717, 1.165) is 18.1 Å². The molecule has 0 bridgehead atoms. The highest BCUT2D eigenvalue weighted by Gasteiger charge is 2.04. The molecule has 0 amide bonds. The Labute approximate surface area is 64.9 Å². The standard InChI is InChI=1S/C9H10F2/c1-2-7-3-4-8(10)6-9(11)5-7/h3-6,9H,2H2,1H3. The van der Waals surface area contributed by atoms with Crippen LogP contribution in [-0.2, 0) is 0 Å². The van der Waals surface area contributed by atoms with Crippen molar-refractivity contribution in [3.05, 3.63) is 35.7 Å². The number of hydrogen-bond acceptors (Lipinski definition) is 0. The van der Waals surface area contributed by atoms with Crippen LogP contribution in [0.5, 0.6) is 0 Å². The minimum absolute atomic E-state index is 0.503. The van der Waals surface area contributed by atoms with E-state index in [4.69, 9.17) is 0 Å². The summed E-state index contributed by atoms with van der Waals surface area (Å²) in [5.41, 5.74) is 0.835. The Morgan fingerprint density at radius 3 is 2.73 bits per heavy atom. The van der Waals surface area contributed by atoms with E-state index in [1.165, 1.54) is 12.2 Å². The van der Waals surface area contributed by atoms with Gasteiger partial charge in [0.25, 0.3) is 0 Å². The number of allylic oxidation sites excluding steroid dienone is 6. The van der Waals surface area contributed by atoms with Crippen LogP contribution < -0.4 is 0 Å². The molecule has 0 saturated heterocycles. The van der Waals surface area contributed by atoms with E-state index in [9.17, 15) is 8.78 Å². The Bertz CT molecular complexity index is 224. The minimum Gasteiger partial charge on any atom is -0.238 e. The molecule has 1 aliphatic carbocycles. The fourth-order valence-electron chi connectivity index (χ4n) is 0.938. The molecule has 0 radical (unpaired) electrons. The molecule has 0 aliphatic heterocycles. The highest BCUT2D eigenvalue weighted by Crippen LogP contribution is 2.15. The molecule has 0 N–H and O–H groups in total. The van der Waals surface area contributed by atoms with Gasteiger partial charge in [0.15, 0.2) is 0 Å². The number of rotatable bonds is 1. The lowest BCUT2D eigenvalue weighted by Crippen LogP contribution is -1.89. The molecule has 1 atom stereocenters. The van der Waals surface area contributed by atoms with Crippen LogP contribution in [0.1, 0.15) is 13.3 Å². The van der Waals surface area contributed by atoms with Crippen molar-refractivity contribution in [2.45, 2.75) is 19.5 Å². The Morgan fingerprint density at radius 1 is 1.36 bits per heavy atom. The summed E-state index contributed by atoms with van der Waals surface area (Å²) >= 11 is 0. The third-order valence-corrected chi connectivity index (χ3v) is 1.56. The van der Waals surface area contributed by atoms with E-state index >= 15 is 0 Å². The molecular weight excluding hydrogens is 146 g/mol. The van der Waals surface area contributed by atoms with Gasteiger partial charge in [0.05, 0.1) is 0 Å². The summed E-state index contributed by atoms with van der Waals surface area (Å²) in [4.78, 5) is 0. The number of alkyl halides is 1. The van der Waals surface area contributed by atoms with Gasteiger partial charge in [0.1, 0.15) is 12.0 Å². The molecule has 0 aromatic heterocycles. The number of halogens is 2. The molecule has 11 heavy (non-hydrogen) atoms. The van der Waals surface area contributed by atoms with Crippen LogP contribution in [0.15, 0.2) is 35.7 Å². The second-order valence-corrected chi connectivity index (χ2v) is 2.42. The number of hydrogen-bond donors (Lipinski definition) is 0. The second kappa shape index (κ2) is 3.46. The van der Waals surface area contributed by atoms with Crippen LogP contribution >= 0.6 is 0 Å². The molecule has 0 heterocycles. The van der Waals surface area contributed by atoms with E-state index < -0.39 is 12.0 Å². The van der Waals surface area contributed by atoms with Crippen LogP contribution in [0.2, 0.25) is 0 Å². The monoisotopic (exact) mass is 156 g/mol. The fourth-order valence-corrected chi connectivity index (χ4v) is 0.938. The molecule has 0 aromatic carbocycles. The van der Waals surface area contributed by atoms with E-state index in [2.05, 4.69) is 0 Å². The molecule has 1 unspecified atom stereocenters. The summed E-state index contributed by atoms with van der Waals surface area (Å²) in [5, 5.41) is 0. The summed E-state index contributed by atoms with van der Waals surface area (Å²) in [5.74, 6) is -0.503. The minimum atomic E-state index is -1.28. The van der Waals surface area contributed by atoms with Gasteiger partial charge in [0.2, 0.25) is 0 Å². The third-order valence-electron chi connectivity index (χ3n) is 1.56. The molecule has 1 rings (SSSR count). The van der Waals surface area contributed by atoms with Crippen molar-refractivity contribution < 1.29 is 8.78 Å². The van der Waals surface area contributed by atoms with Gasteiger partial charge in [-0.15, -0.1) is 0 Å². The van der Waals surface area contributed by atoms with Gasteiger partial charge in [-0.3, -0.25) is 0 Å². The molecule has 0 saturated carbocycles. The fraction of sp³-hybridized carbons (Fsp3) is 0.333. The average Bonchev–Trinajstić information content (AvgIpc) is 2.11. The van der Waals surface area contributed by atoms with Gasteiger partial charge in [-0.05, 0) is 30.2 Å². The van der Waals surface area contributed by atoms with Crippen molar-refractivity contribution in [3.63, 3.8) is 0 Å². The highest BCUT2D eigenvalue weighted by atomic mass is 19.1. The lowest BCUT2D eigenvalue weighted by atomic mass is 10.1. The molecule has 2 heteroatoms. The summed E-state index contributed by atoms with van der Waals surface area (Å²) in [6.07, 6.45) is 4.72. The molecule has 0 aromatic rings. The zero-order valence-electron chi connectivity index (χ0n) is 6.35. The highest BCUT2D eigenvalue weighted by molar-refractivity contribution is 5.31. The van der Waals surface area contributed by atoms with Gasteiger partial charge < -0.3 is 0 Å². The molecule has 0 nitrogen and oxygen atoms in total. The lowest BCUT2D eigenvalue weighted by Gasteiger charge is -1.95. The van der Waals surface area contributed by atoms with Crippen molar-refractivity contribution in [2.75, 3.05) is 0 Å². The van der Waals surface area contributed by atoms with Crippen LogP contribution in [0.3, 0.4) is 0 Å². The Balaban J connectivity index is 2.83. The van der Waals surface area contributed by atoms with Crippen molar-refractivity contribution in [1.82, 2.24) is 0 Å². The summed E-state index contributed by atoms with van der Waals surface area (Å²) < 4.78 is 25.2. The van der Waals surface area contributed by atoms with Crippen molar-refractivity contribution in [1.29, 1.82) is 0 Å². The van der Waals surface area contributed by atoms with Gasteiger partial charge in [-0.25, -0.2) is 8.78 Å². The van der Waals surface area contributed by atoms with Gasteiger partial charge >= 0.3 is 0 Å². The predicted molar refractivity (Wildman–Crippen MR) is 41.6 cm³/mol. The van der Waals surface area contributed by atoms with Crippen molar-refractivity contribution in [2.24, 2.45) is 0 Å². The van der Waals surface area contributed by atoms with Crippen molar-refractivity contribution >= 4 is 0 Å². The topological polar surface area (TPSA) is 0 Å². The SMILES string of the molecule is CCC1=CC(F)C=C(F)C=C1. The van der Waals surface area contributed by atoms with Crippen LogP contribution in [0.25, 0.3) is 0 Å². The van der Waals surface area contributed by atoms with Crippen molar-refractivity contribution in [3.8, 4) is 0 Å². The van der Waals surface area contributed by atoms with Crippen LogP contribution in [0, 0.1) is 0 Å². The maximum atomic E-state index is 12.7. The molecule has 60 valence electrons. The zero-order valence-corrected chi connectivity index (χ0v) is 6.35. The first-order chi connectivity index (χ1) is 5.22. The maximum Gasteiger partial charge on any atom is 0.140 e. The lowest BCUT2D eigenvalue weighted by molar-refractivity contribution is 0.460. The Morgan fingerprint density at radius 2 is 2.09 bits per heavy atom. The normalized spacial score (nSPS) is 24.1. The van der Waals surface area contributed by atoms with E-state index in [-0.39, 0.29) is 0 Å². The molecular formula is C9H10F2. The summed E-state index contributed by atoms with van der Waals surface area (Å²) in [7, 11) is 0. The third kappa shape index (κ3) is 2.30. The van der Waals surface area contributed by atoms with E-state index in [0.29, 0.717) is 0 Å². The Kier molecular flexibility index (Phi) is 2.58. The summed E-state index contributed by atoms with van der Waals surface area (Å²) in [6.45, 7) is 1.91. The smallest absolute Gasteiger partial charge is 0.140 e. The first-order valence-corrected chi connectivity index (χ1v) is 3.62. The van der Waals surface area contributed by atoms with Gasteiger partial charge in [-0.2, -0.15) is 0 Å². The summed E-state index contributed by atoms with van der Waals surface area (Å²) in [6, 6.07) is 0.